The molecular weight excluding hydrogens is 416 g/mol. The molecule has 8 heteroatoms. The van der Waals surface area contributed by atoms with Gasteiger partial charge in [-0.1, -0.05) is 13.5 Å². The van der Waals surface area contributed by atoms with Gasteiger partial charge in [0.25, 0.3) is 0 Å². The van der Waals surface area contributed by atoms with E-state index >= 15 is 0 Å². The second-order valence-electron chi connectivity index (χ2n) is 8.64. The number of hydrogen-bond acceptors (Lipinski definition) is 7. The zero-order chi connectivity index (χ0) is 22.5. The number of rotatable bonds is 9. The average molecular weight is 455 g/mol. The Morgan fingerprint density at radius 3 is 2.67 bits per heavy atom. The quantitative estimate of drug-likeness (QED) is 0.393. The average Bonchev–Trinajstić information content (AvgIpc) is 3.12. The predicted octanol–water partition coefficient (Wildman–Crippen LogP) is 2.89. The van der Waals surface area contributed by atoms with E-state index in [0.717, 1.165) is 68.0 Å². The third kappa shape index (κ3) is 6.01. The van der Waals surface area contributed by atoms with Gasteiger partial charge in [-0.15, -0.1) is 0 Å². The third-order valence-corrected chi connectivity index (χ3v) is 6.22. The number of aryl methyl sites for hydroxylation is 2. The van der Waals surface area contributed by atoms with E-state index in [1.54, 1.807) is 6.07 Å². The van der Waals surface area contributed by atoms with Gasteiger partial charge < -0.3 is 30.7 Å². The van der Waals surface area contributed by atoms with Crippen molar-refractivity contribution in [2.45, 2.75) is 52.6 Å². The van der Waals surface area contributed by atoms with Crippen LogP contribution in [0.25, 0.3) is 11.0 Å². The van der Waals surface area contributed by atoms with Gasteiger partial charge in [0.1, 0.15) is 11.4 Å². The largest absolute Gasteiger partial charge is 0.506 e. The lowest BCUT2D eigenvalue weighted by Crippen LogP contribution is -2.40. The number of aliphatic hydroxyl groups is 1. The first kappa shape index (κ1) is 25.0. The highest BCUT2D eigenvalue weighted by atomic mass is 16.3. The molecular formula is C25H38N6O2. The number of piperidine rings is 1. The number of aromatic nitrogens is 3. The summed E-state index contributed by atoms with van der Waals surface area (Å²) in [5, 5.41) is 23.3. The molecule has 1 aliphatic rings. The summed E-state index contributed by atoms with van der Waals surface area (Å²) >= 11 is 0. The van der Waals surface area contributed by atoms with Crippen molar-refractivity contribution in [2.24, 2.45) is 5.73 Å². The van der Waals surface area contributed by atoms with Crippen molar-refractivity contribution in [2.75, 3.05) is 38.1 Å². The molecule has 8 nitrogen and oxygen atoms in total. The second-order valence-corrected chi connectivity index (χ2v) is 8.64. The number of aliphatic hydroxyl groups excluding tert-OH is 1. The van der Waals surface area contributed by atoms with Crippen molar-refractivity contribution in [1.29, 1.82) is 0 Å². The van der Waals surface area contributed by atoms with E-state index in [1.807, 2.05) is 13.0 Å². The summed E-state index contributed by atoms with van der Waals surface area (Å²) in [4.78, 5) is 11.8. The van der Waals surface area contributed by atoms with Crippen LogP contribution in [0, 0.1) is 6.92 Å². The third-order valence-electron chi connectivity index (χ3n) is 6.22. The van der Waals surface area contributed by atoms with Gasteiger partial charge in [0.15, 0.2) is 0 Å². The van der Waals surface area contributed by atoms with Crippen LogP contribution in [-0.2, 0) is 13.0 Å². The van der Waals surface area contributed by atoms with Crippen molar-refractivity contribution in [3.63, 3.8) is 0 Å². The normalized spacial score (nSPS) is 15.0. The molecule has 33 heavy (non-hydrogen) atoms. The fraction of sp³-hybridized carbons (Fsp3) is 0.520. The molecule has 3 heterocycles. The molecule has 4 rings (SSSR count). The van der Waals surface area contributed by atoms with Crippen LogP contribution < -0.4 is 11.1 Å². The SMILES string of the molecule is C.Cc1ccc(O)c(Cn2c(NC3CCN(CCO)CC3)nc3ccc(CCCN)cc32)n1. The molecule has 0 radical (unpaired) electrons. The molecule has 1 aliphatic heterocycles. The zero-order valence-electron chi connectivity index (χ0n) is 18.8. The topological polar surface area (TPSA) is 112 Å². The molecule has 180 valence electrons. The van der Waals surface area contributed by atoms with Crippen LogP contribution in [0.1, 0.15) is 43.6 Å². The molecule has 1 fully saturated rings. The highest BCUT2D eigenvalue weighted by Crippen LogP contribution is 2.27. The summed E-state index contributed by atoms with van der Waals surface area (Å²) in [6.45, 7) is 5.89. The van der Waals surface area contributed by atoms with Crippen molar-refractivity contribution in [1.82, 2.24) is 19.4 Å². The number of β-amino-alcohol motifs (C(OH)–C–C–N with tert-alkyl or cyclic N) is 1. The molecule has 5 N–H and O–H groups in total. The molecule has 0 atom stereocenters. The van der Waals surface area contributed by atoms with E-state index in [0.29, 0.717) is 24.8 Å². The van der Waals surface area contributed by atoms with E-state index in [9.17, 15) is 10.2 Å². The summed E-state index contributed by atoms with van der Waals surface area (Å²) in [5.74, 6) is 0.999. The molecule has 1 saturated heterocycles. The number of benzene rings is 1. The van der Waals surface area contributed by atoms with E-state index in [-0.39, 0.29) is 19.8 Å². The minimum Gasteiger partial charge on any atom is -0.506 e. The summed E-state index contributed by atoms with van der Waals surface area (Å²) < 4.78 is 2.13. The van der Waals surface area contributed by atoms with E-state index < -0.39 is 0 Å². The molecule has 0 aliphatic carbocycles. The predicted molar refractivity (Wildman–Crippen MR) is 134 cm³/mol. The standard InChI is InChI=1S/C24H34N6O2.CH4/c1-17-4-7-23(32)21(26-17)16-30-22-15-18(3-2-10-25)5-6-20(22)28-24(30)27-19-8-11-29(12-9-19)13-14-31;/h4-7,15,19,31-32H,2-3,8-14,16,25H2,1H3,(H,27,28);1H4. The zero-order valence-corrected chi connectivity index (χ0v) is 18.8. The Morgan fingerprint density at radius 2 is 1.94 bits per heavy atom. The monoisotopic (exact) mass is 454 g/mol. The number of anilines is 1. The molecule has 0 amide bonds. The highest BCUT2D eigenvalue weighted by molar-refractivity contribution is 5.79. The van der Waals surface area contributed by atoms with Gasteiger partial charge in [0, 0.05) is 31.4 Å². The fourth-order valence-electron chi connectivity index (χ4n) is 4.39. The van der Waals surface area contributed by atoms with Crippen LogP contribution >= 0.6 is 0 Å². The number of nitrogens with one attached hydrogen (secondary N) is 1. The van der Waals surface area contributed by atoms with Gasteiger partial charge in [-0.05, 0) is 69.0 Å². The number of fused-ring (bicyclic) bond motifs is 1. The van der Waals surface area contributed by atoms with Gasteiger partial charge in [0.05, 0.1) is 24.2 Å². The van der Waals surface area contributed by atoms with Crippen molar-refractivity contribution >= 4 is 17.0 Å². The van der Waals surface area contributed by atoms with E-state index in [4.69, 9.17) is 10.7 Å². The molecule has 0 spiro atoms. The van der Waals surface area contributed by atoms with Crippen molar-refractivity contribution < 1.29 is 10.2 Å². The number of imidazole rings is 1. The number of nitrogens with zero attached hydrogens (tertiary/aromatic N) is 4. The summed E-state index contributed by atoms with van der Waals surface area (Å²) in [5.41, 5.74) is 10.4. The molecule has 3 aromatic rings. The molecule has 0 saturated carbocycles. The maximum Gasteiger partial charge on any atom is 0.204 e. The van der Waals surface area contributed by atoms with Gasteiger partial charge in [-0.25, -0.2) is 4.98 Å². The van der Waals surface area contributed by atoms with Gasteiger partial charge in [-0.2, -0.15) is 0 Å². The van der Waals surface area contributed by atoms with Crippen LogP contribution in [-0.4, -0.2) is 68.5 Å². The maximum atomic E-state index is 10.4. The Labute approximate surface area is 196 Å². The van der Waals surface area contributed by atoms with E-state index in [1.165, 1.54) is 5.56 Å². The van der Waals surface area contributed by atoms with Crippen LogP contribution in [0.4, 0.5) is 5.95 Å². The van der Waals surface area contributed by atoms with Crippen LogP contribution in [0.5, 0.6) is 5.75 Å². The Bertz CT molecular complexity index is 1040. The van der Waals surface area contributed by atoms with Gasteiger partial charge in [-0.3, -0.25) is 4.98 Å². The lowest BCUT2D eigenvalue weighted by atomic mass is 10.1. The highest BCUT2D eigenvalue weighted by Gasteiger charge is 2.22. The number of nitrogens with two attached hydrogens (primary N) is 1. The smallest absolute Gasteiger partial charge is 0.204 e. The first-order valence-corrected chi connectivity index (χ1v) is 11.5. The van der Waals surface area contributed by atoms with Crippen LogP contribution in [0.3, 0.4) is 0 Å². The fourth-order valence-corrected chi connectivity index (χ4v) is 4.39. The Morgan fingerprint density at radius 1 is 1.15 bits per heavy atom. The van der Waals surface area contributed by atoms with E-state index in [2.05, 4.69) is 38.0 Å². The van der Waals surface area contributed by atoms with Crippen LogP contribution in [0.15, 0.2) is 30.3 Å². The van der Waals surface area contributed by atoms with Crippen LogP contribution in [0.2, 0.25) is 0 Å². The number of aromatic hydroxyl groups is 1. The molecule has 0 unspecified atom stereocenters. The Balaban J connectivity index is 0.00000306. The Kier molecular flexibility index (Phi) is 8.66. The summed E-state index contributed by atoms with van der Waals surface area (Å²) in [6, 6.07) is 10.2. The summed E-state index contributed by atoms with van der Waals surface area (Å²) in [7, 11) is 0. The number of pyridine rings is 1. The Hall–Kier alpha value is -2.68. The lowest BCUT2D eigenvalue weighted by Gasteiger charge is -2.32. The second kappa shape index (κ2) is 11.4. The minimum atomic E-state index is 0. The first-order chi connectivity index (χ1) is 15.6. The van der Waals surface area contributed by atoms with Gasteiger partial charge >= 0.3 is 0 Å². The lowest BCUT2D eigenvalue weighted by molar-refractivity contribution is 0.168. The van der Waals surface area contributed by atoms with Crippen molar-refractivity contribution in [3.8, 4) is 5.75 Å². The molecule has 1 aromatic carbocycles. The summed E-state index contributed by atoms with van der Waals surface area (Å²) in [6.07, 6.45) is 3.87. The number of hydrogen-bond donors (Lipinski definition) is 4. The molecule has 0 bridgehead atoms. The first-order valence-electron chi connectivity index (χ1n) is 11.5. The molecule has 2 aromatic heterocycles. The van der Waals surface area contributed by atoms with Crippen molar-refractivity contribution in [3.05, 3.63) is 47.3 Å². The number of likely N-dealkylation sites (tertiary alicyclic amines) is 1. The maximum absolute atomic E-state index is 10.4. The van der Waals surface area contributed by atoms with Gasteiger partial charge in [0.2, 0.25) is 5.95 Å². The minimum absolute atomic E-state index is 0.